The van der Waals surface area contributed by atoms with E-state index < -0.39 is 15.9 Å². The minimum Gasteiger partial charge on any atom is -0.466 e. The van der Waals surface area contributed by atoms with Crippen molar-refractivity contribution in [1.82, 2.24) is 9.29 Å². The Morgan fingerprint density at radius 3 is 2.47 bits per heavy atom. The van der Waals surface area contributed by atoms with Crippen molar-refractivity contribution in [2.45, 2.75) is 39.5 Å². The highest BCUT2D eigenvalue weighted by molar-refractivity contribution is 7.89. The second-order valence-electron chi connectivity index (χ2n) is 6.88. The van der Waals surface area contributed by atoms with Crippen LogP contribution >= 0.6 is 11.3 Å². The summed E-state index contributed by atoms with van der Waals surface area (Å²) in [6, 6.07) is 6.51. The second kappa shape index (κ2) is 8.71. The number of thiazole rings is 1. The van der Waals surface area contributed by atoms with E-state index in [9.17, 15) is 13.2 Å². The molecule has 30 heavy (non-hydrogen) atoms. The fourth-order valence-corrected chi connectivity index (χ4v) is 5.41. The number of hydrogen-bond donors (Lipinski definition) is 1. The molecule has 1 aromatic carbocycles. The normalized spacial score (nSPS) is 11.8. The van der Waals surface area contributed by atoms with Crippen molar-refractivity contribution in [1.29, 1.82) is 0 Å². The first-order valence-corrected chi connectivity index (χ1v) is 11.9. The summed E-state index contributed by atoms with van der Waals surface area (Å²) in [6.45, 7) is 9.80. The number of nitrogens with one attached hydrogen (secondary N) is 1. The van der Waals surface area contributed by atoms with E-state index in [4.69, 9.17) is 4.42 Å². The highest BCUT2D eigenvalue weighted by Crippen LogP contribution is 2.30. The molecule has 3 rings (SSSR count). The molecule has 9 heteroatoms. The largest absolute Gasteiger partial charge is 0.466 e. The van der Waals surface area contributed by atoms with Crippen molar-refractivity contribution in [2.75, 3.05) is 18.4 Å². The molecule has 0 aliphatic heterocycles. The summed E-state index contributed by atoms with van der Waals surface area (Å²) in [5, 5.41) is 5.06. The van der Waals surface area contributed by atoms with E-state index in [-0.39, 0.29) is 4.90 Å². The third kappa shape index (κ3) is 4.33. The van der Waals surface area contributed by atoms with Crippen LogP contribution in [-0.4, -0.2) is 36.7 Å². The van der Waals surface area contributed by atoms with Gasteiger partial charge in [0.15, 0.2) is 5.13 Å². The van der Waals surface area contributed by atoms with Crippen molar-refractivity contribution >= 4 is 32.4 Å². The van der Waals surface area contributed by atoms with Crippen LogP contribution in [0.15, 0.2) is 39.0 Å². The first-order chi connectivity index (χ1) is 14.2. The van der Waals surface area contributed by atoms with Crippen molar-refractivity contribution < 1.29 is 17.6 Å². The van der Waals surface area contributed by atoms with E-state index in [0.29, 0.717) is 29.3 Å². The summed E-state index contributed by atoms with van der Waals surface area (Å²) < 4.78 is 32.5. The van der Waals surface area contributed by atoms with Crippen LogP contribution in [0.5, 0.6) is 0 Å². The summed E-state index contributed by atoms with van der Waals surface area (Å²) in [6.07, 6.45) is 0. The van der Waals surface area contributed by atoms with Gasteiger partial charge in [0.2, 0.25) is 10.0 Å². The zero-order valence-electron chi connectivity index (χ0n) is 17.6. The summed E-state index contributed by atoms with van der Waals surface area (Å²) in [4.78, 5) is 17.4. The van der Waals surface area contributed by atoms with E-state index >= 15 is 0 Å². The predicted octanol–water partition coefficient (Wildman–Crippen LogP) is 4.61. The van der Waals surface area contributed by atoms with E-state index in [1.165, 1.54) is 27.8 Å². The maximum Gasteiger partial charge on any atom is 0.257 e. The van der Waals surface area contributed by atoms with Gasteiger partial charge in [-0.15, -0.1) is 11.3 Å². The van der Waals surface area contributed by atoms with Crippen molar-refractivity contribution in [3.05, 3.63) is 52.3 Å². The van der Waals surface area contributed by atoms with Crippen LogP contribution in [0.3, 0.4) is 0 Å². The van der Waals surface area contributed by atoms with Gasteiger partial charge in [-0.2, -0.15) is 4.31 Å². The lowest BCUT2D eigenvalue weighted by atomic mass is 10.1. The summed E-state index contributed by atoms with van der Waals surface area (Å²) in [5.41, 5.74) is 2.59. The van der Waals surface area contributed by atoms with Crippen LogP contribution < -0.4 is 5.32 Å². The number of amides is 1. The number of furan rings is 1. The van der Waals surface area contributed by atoms with Gasteiger partial charge in [0.1, 0.15) is 11.5 Å². The van der Waals surface area contributed by atoms with Crippen LogP contribution in [0.4, 0.5) is 5.13 Å². The molecule has 7 nitrogen and oxygen atoms in total. The molecule has 0 spiro atoms. The number of hydrogen-bond acceptors (Lipinski definition) is 6. The van der Waals surface area contributed by atoms with Crippen molar-refractivity contribution in [3.8, 4) is 11.3 Å². The highest BCUT2D eigenvalue weighted by atomic mass is 32.2. The molecule has 0 unspecified atom stereocenters. The minimum absolute atomic E-state index is 0.103. The highest BCUT2D eigenvalue weighted by Gasteiger charge is 2.24. The Balaban J connectivity index is 1.87. The van der Waals surface area contributed by atoms with Gasteiger partial charge in [-0.25, -0.2) is 13.4 Å². The molecule has 0 saturated heterocycles. The molecule has 0 fully saturated rings. The summed E-state index contributed by atoms with van der Waals surface area (Å²) in [7, 11) is -3.65. The molecule has 0 bridgehead atoms. The SMILES string of the molecule is CCN(CC)S(=O)(=O)c1ccc(C)c(C(=O)Nc2nc(-c3cc(C)oc3C)cs2)c1. The van der Waals surface area contributed by atoms with Gasteiger partial charge >= 0.3 is 0 Å². The topological polar surface area (TPSA) is 92.5 Å². The summed E-state index contributed by atoms with van der Waals surface area (Å²) in [5.74, 6) is 1.16. The number of carbonyl (C=O) groups is 1. The quantitative estimate of drug-likeness (QED) is 0.571. The molecular weight excluding hydrogens is 422 g/mol. The third-order valence-corrected chi connectivity index (χ3v) is 7.64. The second-order valence-corrected chi connectivity index (χ2v) is 9.68. The molecule has 0 radical (unpaired) electrons. The lowest BCUT2D eigenvalue weighted by Gasteiger charge is -2.19. The number of benzene rings is 1. The molecular formula is C21H25N3O4S2. The van der Waals surface area contributed by atoms with Crippen LogP contribution in [0.2, 0.25) is 0 Å². The molecule has 2 heterocycles. The number of anilines is 1. The van der Waals surface area contributed by atoms with E-state index in [1.54, 1.807) is 26.8 Å². The molecule has 0 aliphatic carbocycles. The van der Waals surface area contributed by atoms with Crippen LogP contribution in [0.25, 0.3) is 11.3 Å². The fraction of sp³-hybridized carbons (Fsp3) is 0.333. The molecule has 1 N–H and O–H groups in total. The minimum atomic E-state index is -3.65. The van der Waals surface area contributed by atoms with Gasteiger partial charge in [-0.3, -0.25) is 10.1 Å². The van der Waals surface area contributed by atoms with Crippen LogP contribution in [0, 0.1) is 20.8 Å². The monoisotopic (exact) mass is 447 g/mol. The first-order valence-electron chi connectivity index (χ1n) is 9.62. The van der Waals surface area contributed by atoms with Crippen LogP contribution in [-0.2, 0) is 10.0 Å². The van der Waals surface area contributed by atoms with Crippen LogP contribution in [0.1, 0.15) is 41.3 Å². The Morgan fingerprint density at radius 2 is 1.87 bits per heavy atom. The number of nitrogens with zero attached hydrogens (tertiary/aromatic N) is 2. The fourth-order valence-electron chi connectivity index (χ4n) is 3.22. The number of rotatable bonds is 7. The molecule has 2 aromatic heterocycles. The van der Waals surface area contributed by atoms with Gasteiger partial charge in [0.25, 0.3) is 5.91 Å². The number of aryl methyl sites for hydroxylation is 3. The molecule has 3 aromatic rings. The summed E-state index contributed by atoms with van der Waals surface area (Å²) >= 11 is 1.30. The number of sulfonamides is 1. The van der Waals surface area contributed by atoms with Gasteiger partial charge < -0.3 is 4.42 Å². The maximum absolute atomic E-state index is 12.9. The lowest BCUT2D eigenvalue weighted by molar-refractivity contribution is 0.102. The van der Waals surface area contributed by atoms with Gasteiger partial charge in [-0.1, -0.05) is 19.9 Å². The van der Waals surface area contributed by atoms with Crippen molar-refractivity contribution in [2.24, 2.45) is 0 Å². The molecule has 0 aliphatic rings. The molecule has 160 valence electrons. The molecule has 0 atom stereocenters. The molecule has 0 saturated carbocycles. The third-order valence-electron chi connectivity index (χ3n) is 4.84. The Kier molecular flexibility index (Phi) is 6.44. The Bertz CT molecular complexity index is 1170. The predicted molar refractivity (Wildman–Crippen MR) is 119 cm³/mol. The number of aromatic nitrogens is 1. The standard InChI is InChI=1S/C21H25N3O4S2/c1-6-24(7-2)30(26,27)16-9-8-13(3)17(11-16)20(25)23-21-22-19(12-29-21)18-10-14(4)28-15(18)5/h8-12H,6-7H2,1-5H3,(H,22,23,25). The van der Waals surface area contributed by atoms with Gasteiger partial charge in [-0.05, 0) is 44.5 Å². The average molecular weight is 448 g/mol. The van der Waals surface area contributed by atoms with E-state index in [1.807, 2.05) is 25.3 Å². The average Bonchev–Trinajstić information content (AvgIpc) is 3.28. The Labute approximate surface area is 180 Å². The zero-order chi connectivity index (χ0) is 22.1. The van der Waals surface area contributed by atoms with Gasteiger partial charge in [0.05, 0.1) is 10.6 Å². The maximum atomic E-state index is 12.9. The Morgan fingerprint density at radius 1 is 1.17 bits per heavy atom. The van der Waals surface area contributed by atoms with E-state index in [0.717, 1.165) is 22.8 Å². The zero-order valence-corrected chi connectivity index (χ0v) is 19.3. The Hall–Kier alpha value is -2.49. The number of carbonyl (C=O) groups excluding carboxylic acids is 1. The smallest absolute Gasteiger partial charge is 0.257 e. The molecule has 1 amide bonds. The van der Waals surface area contributed by atoms with E-state index in [2.05, 4.69) is 10.3 Å². The van der Waals surface area contributed by atoms with Gasteiger partial charge in [0, 0.05) is 29.6 Å². The first kappa shape index (κ1) is 22.2. The lowest BCUT2D eigenvalue weighted by Crippen LogP contribution is -2.30. The van der Waals surface area contributed by atoms with Crippen molar-refractivity contribution in [3.63, 3.8) is 0 Å².